The van der Waals surface area contributed by atoms with Crippen molar-refractivity contribution < 1.29 is 4.74 Å². The smallest absolute Gasteiger partial charge is 0.225 e. The van der Waals surface area contributed by atoms with Gasteiger partial charge in [0.25, 0.3) is 0 Å². The Morgan fingerprint density at radius 1 is 1.43 bits per heavy atom. The van der Waals surface area contributed by atoms with E-state index in [1.165, 1.54) is 0 Å². The quantitative estimate of drug-likeness (QED) is 0.894. The summed E-state index contributed by atoms with van der Waals surface area (Å²) in [6.45, 7) is 3.92. The van der Waals surface area contributed by atoms with Crippen LogP contribution in [0.5, 0.6) is 5.88 Å². The summed E-state index contributed by atoms with van der Waals surface area (Å²) in [6.07, 6.45) is 4.71. The van der Waals surface area contributed by atoms with Gasteiger partial charge < -0.3 is 14.6 Å². The molecule has 2 aromatic rings. The number of methoxy groups -OCH3 is 1. The van der Waals surface area contributed by atoms with Crippen molar-refractivity contribution in [1.82, 2.24) is 24.7 Å². The number of nitrogens with zero attached hydrogens (tertiary/aromatic N) is 5. The molecular weight excluding hydrogens is 268 g/mol. The van der Waals surface area contributed by atoms with Crippen molar-refractivity contribution in [1.29, 1.82) is 0 Å². The lowest BCUT2D eigenvalue weighted by molar-refractivity contribution is 0.373. The number of ether oxygens (including phenoxy) is 1. The van der Waals surface area contributed by atoms with Crippen molar-refractivity contribution >= 4 is 5.95 Å². The van der Waals surface area contributed by atoms with Crippen molar-refractivity contribution in [3.63, 3.8) is 0 Å². The minimum absolute atomic E-state index is 0.536. The van der Waals surface area contributed by atoms with E-state index in [2.05, 4.69) is 37.0 Å². The van der Waals surface area contributed by atoms with Gasteiger partial charge in [-0.05, 0) is 12.3 Å². The van der Waals surface area contributed by atoms with E-state index < -0.39 is 0 Å². The van der Waals surface area contributed by atoms with Gasteiger partial charge >= 0.3 is 0 Å². The molecule has 1 N–H and O–H groups in total. The van der Waals surface area contributed by atoms with Crippen LogP contribution in [0.25, 0.3) is 0 Å². The fourth-order valence-electron chi connectivity index (χ4n) is 2.66. The van der Waals surface area contributed by atoms with E-state index in [-0.39, 0.29) is 0 Å². The van der Waals surface area contributed by atoms with E-state index in [0.717, 1.165) is 44.0 Å². The van der Waals surface area contributed by atoms with Crippen LogP contribution in [0.15, 0.2) is 12.3 Å². The maximum absolute atomic E-state index is 5.10. The third-order valence-electron chi connectivity index (χ3n) is 3.83. The highest BCUT2D eigenvalue weighted by molar-refractivity contribution is 5.27. The third-order valence-corrected chi connectivity index (χ3v) is 3.83. The molecule has 112 valence electrons. The average molecular weight is 288 g/mol. The molecule has 0 aliphatic carbocycles. The Morgan fingerprint density at radius 3 is 3.14 bits per heavy atom. The van der Waals surface area contributed by atoms with Crippen LogP contribution in [0, 0.1) is 5.92 Å². The lowest BCUT2D eigenvalue weighted by Crippen LogP contribution is -2.27. The van der Waals surface area contributed by atoms with Crippen LogP contribution in [-0.2, 0) is 19.4 Å². The highest BCUT2D eigenvalue weighted by Crippen LogP contribution is 2.20. The standard InChI is InChI=1S/C14H20N6O/c1-3-11-18-19-12-5-4-10(9-20(11)12)8-16-14-15-7-6-13(17-14)21-2/h6-7,10H,3-5,8-9H2,1-2H3,(H,15,16,17)/t10-/m0/s1. The van der Waals surface area contributed by atoms with E-state index in [4.69, 9.17) is 4.74 Å². The Labute approximate surface area is 123 Å². The summed E-state index contributed by atoms with van der Waals surface area (Å²) in [5, 5.41) is 11.8. The van der Waals surface area contributed by atoms with Gasteiger partial charge in [0.15, 0.2) is 0 Å². The first-order valence-corrected chi connectivity index (χ1v) is 7.32. The van der Waals surface area contributed by atoms with Crippen LogP contribution in [0.3, 0.4) is 0 Å². The molecule has 21 heavy (non-hydrogen) atoms. The number of fused-ring (bicyclic) bond motifs is 1. The molecule has 0 saturated carbocycles. The van der Waals surface area contributed by atoms with Gasteiger partial charge in [-0.2, -0.15) is 4.98 Å². The van der Waals surface area contributed by atoms with Gasteiger partial charge in [-0.3, -0.25) is 0 Å². The Bertz CT molecular complexity index is 598. The zero-order valence-corrected chi connectivity index (χ0v) is 12.4. The van der Waals surface area contributed by atoms with Crippen molar-refractivity contribution in [3.8, 4) is 5.88 Å². The zero-order valence-electron chi connectivity index (χ0n) is 12.4. The summed E-state index contributed by atoms with van der Waals surface area (Å²) in [7, 11) is 1.60. The van der Waals surface area contributed by atoms with E-state index in [1.54, 1.807) is 19.4 Å². The lowest BCUT2D eigenvalue weighted by Gasteiger charge is -2.24. The molecule has 3 heterocycles. The second-order valence-corrected chi connectivity index (χ2v) is 5.20. The van der Waals surface area contributed by atoms with Crippen molar-refractivity contribution in [2.75, 3.05) is 19.0 Å². The van der Waals surface area contributed by atoms with Gasteiger partial charge in [0.1, 0.15) is 11.6 Å². The van der Waals surface area contributed by atoms with Crippen LogP contribution >= 0.6 is 0 Å². The molecule has 0 bridgehead atoms. The topological polar surface area (TPSA) is 77.8 Å². The SMILES string of the molecule is CCc1nnc2n1C[C@H](CNc1nccc(OC)n1)CC2. The summed E-state index contributed by atoms with van der Waals surface area (Å²) in [4.78, 5) is 8.47. The maximum atomic E-state index is 5.10. The number of nitrogens with one attached hydrogen (secondary N) is 1. The molecule has 0 saturated heterocycles. The van der Waals surface area contributed by atoms with Crippen molar-refractivity contribution in [2.45, 2.75) is 32.7 Å². The second kappa shape index (κ2) is 6.07. The van der Waals surface area contributed by atoms with Crippen molar-refractivity contribution in [3.05, 3.63) is 23.9 Å². The number of hydrogen-bond donors (Lipinski definition) is 1. The van der Waals surface area contributed by atoms with Gasteiger partial charge in [0.05, 0.1) is 7.11 Å². The molecule has 1 aliphatic heterocycles. The Balaban J connectivity index is 1.61. The van der Waals surface area contributed by atoms with E-state index in [0.29, 0.717) is 17.7 Å². The Kier molecular flexibility index (Phi) is 3.98. The summed E-state index contributed by atoms with van der Waals surface area (Å²) in [6, 6.07) is 1.74. The molecule has 7 heteroatoms. The molecule has 0 radical (unpaired) electrons. The summed E-state index contributed by atoms with van der Waals surface area (Å²) >= 11 is 0. The van der Waals surface area contributed by atoms with E-state index in [1.807, 2.05) is 0 Å². The molecule has 0 aromatic carbocycles. The van der Waals surface area contributed by atoms with Gasteiger partial charge in [-0.15, -0.1) is 10.2 Å². The second-order valence-electron chi connectivity index (χ2n) is 5.20. The molecule has 0 fully saturated rings. The van der Waals surface area contributed by atoms with E-state index >= 15 is 0 Å². The fraction of sp³-hybridized carbons (Fsp3) is 0.571. The monoisotopic (exact) mass is 288 g/mol. The van der Waals surface area contributed by atoms with Crippen molar-refractivity contribution in [2.24, 2.45) is 5.92 Å². The van der Waals surface area contributed by atoms with Gasteiger partial charge in [-0.25, -0.2) is 4.98 Å². The predicted octanol–water partition coefficient (Wildman–Crippen LogP) is 1.31. The molecule has 0 amide bonds. The summed E-state index contributed by atoms with van der Waals surface area (Å²) in [5.74, 6) is 3.91. The van der Waals surface area contributed by atoms with E-state index in [9.17, 15) is 0 Å². The van der Waals surface area contributed by atoms with Crippen LogP contribution < -0.4 is 10.1 Å². The minimum Gasteiger partial charge on any atom is -0.481 e. The number of anilines is 1. The predicted molar refractivity (Wildman–Crippen MR) is 78.3 cm³/mol. The van der Waals surface area contributed by atoms with Crippen LogP contribution in [0.1, 0.15) is 25.0 Å². The molecule has 1 atom stereocenters. The number of hydrogen-bond acceptors (Lipinski definition) is 6. The normalized spacial score (nSPS) is 17.3. The van der Waals surface area contributed by atoms with Crippen LogP contribution in [-0.4, -0.2) is 38.4 Å². The first-order valence-electron chi connectivity index (χ1n) is 7.32. The lowest BCUT2D eigenvalue weighted by atomic mass is 9.99. The Morgan fingerprint density at radius 2 is 2.33 bits per heavy atom. The largest absolute Gasteiger partial charge is 0.481 e. The Hall–Kier alpha value is -2.18. The minimum atomic E-state index is 0.536. The summed E-state index contributed by atoms with van der Waals surface area (Å²) < 4.78 is 7.35. The van der Waals surface area contributed by atoms with Crippen LogP contribution in [0.4, 0.5) is 5.95 Å². The average Bonchev–Trinajstić information content (AvgIpc) is 2.95. The molecule has 3 rings (SSSR count). The fourth-order valence-corrected chi connectivity index (χ4v) is 2.66. The maximum Gasteiger partial charge on any atom is 0.225 e. The van der Waals surface area contributed by atoms with Gasteiger partial charge in [0, 0.05) is 38.2 Å². The molecule has 0 unspecified atom stereocenters. The number of rotatable bonds is 5. The van der Waals surface area contributed by atoms with Crippen LogP contribution in [0.2, 0.25) is 0 Å². The molecule has 0 spiro atoms. The highest BCUT2D eigenvalue weighted by Gasteiger charge is 2.22. The number of aryl methyl sites for hydroxylation is 2. The first kappa shape index (κ1) is 13.8. The van der Waals surface area contributed by atoms with Gasteiger partial charge in [0.2, 0.25) is 11.8 Å². The van der Waals surface area contributed by atoms with Gasteiger partial charge in [-0.1, -0.05) is 6.92 Å². The third kappa shape index (κ3) is 2.96. The highest BCUT2D eigenvalue weighted by atomic mass is 16.5. The molecule has 1 aliphatic rings. The molecule has 2 aromatic heterocycles. The molecular formula is C14H20N6O. The summed E-state index contributed by atoms with van der Waals surface area (Å²) in [5.41, 5.74) is 0. The molecule has 7 nitrogen and oxygen atoms in total. The number of aromatic nitrogens is 5. The zero-order chi connectivity index (χ0) is 14.7. The first-order chi connectivity index (χ1) is 10.3.